The van der Waals surface area contributed by atoms with Gasteiger partial charge in [-0.05, 0) is 44.5 Å². The Morgan fingerprint density at radius 1 is 0.971 bits per heavy atom. The Bertz CT molecular complexity index is 1640. The van der Waals surface area contributed by atoms with Gasteiger partial charge in [-0.3, -0.25) is 9.78 Å². The van der Waals surface area contributed by atoms with Crippen LogP contribution < -0.4 is 10.5 Å². The molecule has 0 radical (unpaired) electrons. The Hall–Kier alpha value is -4.40. The molecule has 0 saturated heterocycles. The van der Waals surface area contributed by atoms with E-state index in [0.29, 0.717) is 17.9 Å². The summed E-state index contributed by atoms with van der Waals surface area (Å²) in [6.07, 6.45) is 8.26. The SMILES string of the molecule is Cc1cc(=O)n2nc(N3CCc4ncc(-c5cnn(-c6ccccn6)c5)cc4C3)c(C)c(C)c2n1. The molecule has 9 nitrogen and oxygen atoms in total. The molecule has 0 spiro atoms. The van der Waals surface area contributed by atoms with Gasteiger partial charge in [-0.2, -0.15) is 9.61 Å². The maximum Gasteiger partial charge on any atom is 0.274 e. The van der Waals surface area contributed by atoms with Crippen LogP contribution in [0.15, 0.2) is 59.9 Å². The van der Waals surface area contributed by atoms with E-state index in [9.17, 15) is 4.79 Å². The van der Waals surface area contributed by atoms with Gasteiger partial charge < -0.3 is 4.90 Å². The van der Waals surface area contributed by atoms with E-state index >= 15 is 0 Å². The predicted octanol–water partition coefficient (Wildman–Crippen LogP) is 3.22. The van der Waals surface area contributed by atoms with Crippen molar-refractivity contribution in [2.45, 2.75) is 33.7 Å². The van der Waals surface area contributed by atoms with Crippen LogP contribution in [0, 0.1) is 20.8 Å². The molecule has 174 valence electrons. The van der Waals surface area contributed by atoms with Crippen molar-refractivity contribution in [1.29, 1.82) is 0 Å². The number of rotatable bonds is 3. The van der Waals surface area contributed by atoms with E-state index in [0.717, 1.165) is 58.1 Å². The molecular formula is C26H24N8O. The molecule has 0 saturated carbocycles. The number of aryl methyl sites for hydroxylation is 2. The van der Waals surface area contributed by atoms with Crippen molar-refractivity contribution in [2.75, 3.05) is 11.4 Å². The number of aromatic nitrogens is 7. The molecular weight excluding hydrogens is 440 g/mol. The van der Waals surface area contributed by atoms with Crippen molar-refractivity contribution < 1.29 is 0 Å². The monoisotopic (exact) mass is 464 g/mol. The summed E-state index contributed by atoms with van der Waals surface area (Å²) in [7, 11) is 0. The molecule has 0 fully saturated rings. The van der Waals surface area contributed by atoms with Crippen molar-refractivity contribution >= 4 is 11.5 Å². The summed E-state index contributed by atoms with van der Waals surface area (Å²) in [5, 5.41) is 9.19. The smallest absolute Gasteiger partial charge is 0.274 e. The van der Waals surface area contributed by atoms with E-state index in [4.69, 9.17) is 10.1 Å². The Morgan fingerprint density at radius 2 is 1.86 bits per heavy atom. The quantitative estimate of drug-likeness (QED) is 0.405. The predicted molar refractivity (Wildman–Crippen MR) is 133 cm³/mol. The highest BCUT2D eigenvalue weighted by atomic mass is 16.1. The molecule has 1 aliphatic heterocycles. The molecule has 0 amide bonds. The zero-order chi connectivity index (χ0) is 24.1. The Labute approximate surface area is 201 Å². The Morgan fingerprint density at radius 3 is 2.69 bits per heavy atom. The number of hydrogen-bond acceptors (Lipinski definition) is 7. The number of nitrogens with zero attached hydrogens (tertiary/aromatic N) is 8. The number of anilines is 1. The third kappa shape index (κ3) is 3.65. The summed E-state index contributed by atoms with van der Waals surface area (Å²) in [4.78, 5) is 28.5. The summed E-state index contributed by atoms with van der Waals surface area (Å²) < 4.78 is 3.18. The summed E-state index contributed by atoms with van der Waals surface area (Å²) in [6.45, 7) is 7.32. The van der Waals surface area contributed by atoms with Crippen molar-refractivity contribution in [1.82, 2.24) is 34.3 Å². The lowest BCUT2D eigenvalue weighted by molar-refractivity contribution is 0.684. The van der Waals surface area contributed by atoms with Gasteiger partial charge >= 0.3 is 0 Å². The van der Waals surface area contributed by atoms with Crippen LogP contribution in [0.1, 0.15) is 28.1 Å². The van der Waals surface area contributed by atoms with Crippen LogP contribution in [0.2, 0.25) is 0 Å². The summed E-state index contributed by atoms with van der Waals surface area (Å²) in [6, 6.07) is 9.44. The van der Waals surface area contributed by atoms with Gasteiger partial charge in [-0.15, -0.1) is 5.10 Å². The summed E-state index contributed by atoms with van der Waals surface area (Å²) in [5.41, 5.74) is 7.37. The highest BCUT2D eigenvalue weighted by Crippen LogP contribution is 2.29. The zero-order valence-electron chi connectivity index (χ0n) is 19.8. The molecule has 6 heterocycles. The van der Waals surface area contributed by atoms with E-state index in [-0.39, 0.29) is 5.56 Å². The Balaban J connectivity index is 1.35. The first-order chi connectivity index (χ1) is 17.0. The minimum Gasteiger partial charge on any atom is -0.350 e. The van der Waals surface area contributed by atoms with Crippen molar-refractivity contribution in [2.24, 2.45) is 0 Å². The molecule has 6 rings (SSSR count). The largest absolute Gasteiger partial charge is 0.350 e. The van der Waals surface area contributed by atoms with Crippen molar-refractivity contribution in [3.05, 3.63) is 93.6 Å². The standard InChI is InChI=1S/C26H24N8O/c1-16-10-24(35)34-25(30-16)17(2)18(3)26(31-34)32-9-7-22-20(14-32)11-19(12-28-22)21-13-29-33(15-21)23-6-4-5-8-27-23/h4-6,8,10-13,15H,7,9,14H2,1-3H3. The van der Waals surface area contributed by atoms with Crippen LogP contribution >= 0.6 is 0 Å². The van der Waals surface area contributed by atoms with Gasteiger partial charge in [-0.25, -0.2) is 14.6 Å². The number of fused-ring (bicyclic) bond motifs is 2. The minimum absolute atomic E-state index is 0.164. The average molecular weight is 465 g/mol. The third-order valence-corrected chi connectivity index (χ3v) is 6.59. The second-order valence-corrected chi connectivity index (χ2v) is 8.91. The van der Waals surface area contributed by atoms with Crippen LogP contribution in [0.5, 0.6) is 0 Å². The average Bonchev–Trinajstić information content (AvgIpc) is 3.37. The maximum atomic E-state index is 12.6. The van der Waals surface area contributed by atoms with Crippen LogP contribution in [-0.4, -0.2) is 40.9 Å². The second kappa shape index (κ2) is 8.12. The summed E-state index contributed by atoms with van der Waals surface area (Å²) in [5.74, 6) is 1.57. The van der Waals surface area contributed by atoms with Crippen LogP contribution in [-0.2, 0) is 13.0 Å². The van der Waals surface area contributed by atoms with E-state index in [1.165, 1.54) is 10.6 Å². The minimum atomic E-state index is -0.164. The molecule has 0 aliphatic carbocycles. The van der Waals surface area contributed by atoms with Crippen LogP contribution in [0.25, 0.3) is 22.6 Å². The summed E-state index contributed by atoms with van der Waals surface area (Å²) >= 11 is 0. The lowest BCUT2D eigenvalue weighted by Gasteiger charge is -2.31. The molecule has 1 aliphatic rings. The topological polar surface area (TPSA) is 94.1 Å². The normalized spacial score (nSPS) is 13.3. The molecule has 0 atom stereocenters. The van der Waals surface area contributed by atoms with Gasteiger partial charge in [0.1, 0.15) is 0 Å². The molecule has 5 aromatic heterocycles. The maximum absolute atomic E-state index is 12.6. The molecule has 9 heteroatoms. The number of pyridine rings is 2. The van der Waals surface area contributed by atoms with Gasteiger partial charge in [0, 0.05) is 77.8 Å². The highest BCUT2D eigenvalue weighted by molar-refractivity contribution is 5.64. The van der Waals surface area contributed by atoms with E-state index in [2.05, 4.69) is 26.0 Å². The Kier molecular flexibility index (Phi) is 4.91. The molecule has 35 heavy (non-hydrogen) atoms. The van der Waals surface area contributed by atoms with E-state index in [1.807, 2.05) is 57.6 Å². The number of hydrogen-bond donors (Lipinski definition) is 0. The third-order valence-electron chi connectivity index (χ3n) is 6.59. The van der Waals surface area contributed by atoms with Crippen LogP contribution in [0.4, 0.5) is 5.82 Å². The molecule has 0 unspecified atom stereocenters. The zero-order valence-corrected chi connectivity index (χ0v) is 19.8. The fourth-order valence-corrected chi connectivity index (χ4v) is 4.59. The molecule has 0 aromatic carbocycles. The molecule has 5 aromatic rings. The van der Waals surface area contributed by atoms with E-state index < -0.39 is 0 Å². The van der Waals surface area contributed by atoms with Crippen molar-refractivity contribution in [3.8, 4) is 16.9 Å². The lowest BCUT2D eigenvalue weighted by atomic mass is 10.0. The molecule has 0 N–H and O–H groups in total. The fraction of sp³-hybridized carbons (Fsp3) is 0.231. The van der Waals surface area contributed by atoms with Gasteiger partial charge in [0.2, 0.25) is 0 Å². The van der Waals surface area contributed by atoms with Crippen LogP contribution in [0.3, 0.4) is 0 Å². The fourth-order valence-electron chi connectivity index (χ4n) is 4.59. The second-order valence-electron chi connectivity index (χ2n) is 8.91. The first-order valence-electron chi connectivity index (χ1n) is 11.5. The van der Waals surface area contributed by atoms with Gasteiger partial charge in [0.25, 0.3) is 5.56 Å². The highest BCUT2D eigenvalue weighted by Gasteiger charge is 2.23. The first-order valence-corrected chi connectivity index (χ1v) is 11.5. The van der Waals surface area contributed by atoms with E-state index in [1.54, 1.807) is 10.9 Å². The first kappa shape index (κ1) is 21.2. The van der Waals surface area contributed by atoms with Gasteiger partial charge in [0.05, 0.1) is 6.20 Å². The van der Waals surface area contributed by atoms with Gasteiger partial charge in [-0.1, -0.05) is 6.07 Å². The lowest BCUT2D eigenvalue weighted by Crippen LogP contribution is -2.34. The molecule has 0 bridgehead atoms. The van der Waals surface area contributed by atoms with Crippen molar-refractivity contribution in [3.63, 3.8) is 0 Å². The van der Waals surface area contributed by atoms with Gasteiger partial charge in [0.15, 0.2) is 17.3 Å².